The first-order valence-corrected chi connectivity index (χ1v) is 14.7. The standard InChI is InChI=1S/C35H34N2O3S/c1-4-40-30-17-13-26(14-18-30)19-20-36-34(38)28-15-11-27(12-16-28)22-33-35(39)37(31-7-5-6-8-32(31)41-33)23-29-21-24(2)9-10-25(29)3/h5-18,21-22H,4,19-20,23H2,1-3H3,(H,36,38)/b33-22-. The number of carbonyl (C=O) groups excluding carboxylic acids is 2. The highest BCUT2D eigenvalue weighted by atomic mass is 32.2. The fourth-order valence-corrected chi connectivity index (χ4v) is 5.84. The quantitative estimate of drug-likeness (QED) is 0.217. The SMILES string of the molecule is CCOc1ccc(CCNC(=O)c2ccc(/C=C3\Sc4ccccc4N(Cc4cc(C)ccc4C)C3=O)cc2)cc1. The Hall–Kier alpha value is -4.29. The average Bonchev–Trinajstić information content (AvgIpc) is 2.98. The molecule has 1 aliphatic rings. The number of anilines is 1. The molecule has 4 aromatic rings. The molecule has 0 aliphatic carbocycles. The van der Waals surface area contributed by atoms with Gasteiger partial charge < -0.3 is 15.0 Å². The Balaban J connectivity index is 1.26. The number of hydrogen-bond acceptors (Lipinski definition) is 4. The summed E-state index contributed by atoms with van der Waals surface area (Å²) in [6, 6.07) is 29.7. The molecule has 0 bridgehead atoms. The minimum absolute atomic E-state index is 0.0225. The molecule has 208 valence electrons. The fraction of sp³-hybridized carbons (Fsp3) is 0.200. The number of aryl methyl sites for hydroxylation is 2. The largest absolute Gasteiger partial charge is 0.494 e. The highest BCUT2D eigenvalue weighted by Crippen LogP contribution is 2.42. The Kier molecular flexibility index (Phi) is 8.90. The van der Waals surface area contributed by atoms with Crippen LogP contribution in [0.1, 0.15) is 45.1 Å². The van der Waals surface area contributed by atoms with Crippen molar-refractivity contribution in [1.82, 2.24) is 5.32 Å². The third-order valence-electron chi connectivity index (χ3n) is 7.07. The maximum atomic E-state index is 13.7. The normalized spacial score (nSPS) is 13.7. The van der Waals surface area contributed by atoms with Gasteiger partial charge in [0.15, 0.2) is 0 Å². The third kappa shape index (κ3) is 6.90. The summed E-state index contributed by atoms with van der Waals surface area (Å²) in [7, 11) is 0. The van der Waals surface area contributed by atoms with E-state index < -0.39 is 0 Å². The zero-order valence-electron chi connectivity index (χ0n) is 23.6. The molecule has 1 aliphatic heterocycles. The van der Waals surface area contributed by atoms with Crippen molar-refractivity contribution in [2.24, 2.45) is 0 Å². The Bertz CT molecular complexity index is 1580. The molecular weight excluding hydrogens is 528 g/mol. The van der Waals surface area contributed by atoms with Gasteiger partial charge in [0.05, 0.1) is 23.7 Å². The summed E-state index contributed by atoms with van der Waals surface area (Å²) in [6.07, 6.45) is 2.65. The highest BCUT2D eigenvalue weighted by Gasteiger charge is 2.29. The van der Waals surface area contributed by atoms with Gasteiger partial charge in [-0.1, -0.05) is 71.9 Å². The molecule has 0 spiro atoms. The van der Waals surface area contributed by atoms with Gasteiger partial charge in [-0.05, 0) is 91.9 Å². The molecular formula is C35H34N2O3S. The number of ether oxygens (including phenoxy) is 1. The summed E-state index contributed by atoms with van der Waals surface area (Å²) in [5.41, 5.74) is 7.00. The minimum atomic E-state index is -0.119. The second-order valence-electron chi connectivity index (χ2n) is 10.1. The van der Waals surface area contributed by atoms with Gasteiger partial charge in [-0.25, -0.2) is 0 Å². The maximum absolute atomic E-state index is 13.7. The van der Waals surface area contributed by atoms with E-state index in [-0.39, 0.29) is 11.8 Å². The van der Waals surface area contributed by atoms with Gasteiger partial charge in [0, 0.05) is 17.0 Å². The van der Waals surface area contributed by atoms with E-state index in [0.29, 0.717) is 30.2 Å². The Morgan fingerprint density at radius 3 is 2.46 bits per heavy atom. The summed E-state index contributed by atoms with van der Waals surface area (Å²) in [5, 5.41) is 2.99. The second kappa shape index (κ2) is 12.9. The number of nitrogens with one attached hydrogen (secondary N) is 1. The van der Waals surface area contributed by atoms with E-state index in [9.17, 15) is 9.59 Å². The molecule has 0 saturated heterocycles. The zero-order valence-corrected chi connectivity index (χ0v) is 24.5. The van der Waals surface area contributed by atoms with Gasteiger partial charge in [0.1, 0.15) is 5.75 Å². The van der Waals surface area contributed by atoms with E-state index in [1.54, 1.807) is 12.1 Å². The summed E-state index contributed by atoms with van der Waals surface area (Å²) < 4.78 is 5.48. The predicted octanol–water partition coefficient (Wildman–Crippen LogP) is 7.35. The fourth-order valence-electron chi connectivity index (χ4n) is 4.78. The van der Waals surface area contributed by atoms with Gasteiger partial charge in [0.25, 0.3) is 11.8 Å². The lowest BCUT2D eigenvalue weighted by molar-refractivity contribution is -0.114. The van der Waals surface area contributed by atoms with Crippen LogP contribution in [0.2, 0.25) is 0 Å². The number of para-hydroxylation sites is 1. The minimum Gasteiger partial charge on any atom is -0.494 e. The third-order valence-corrected chi connectivity index (χ3v) is 8.15. The van der Waals surface area contributed by atoms with Crippen LogP contribution in [-0.4, -0.2) is 25.0 Å². The Morgan fingerprint density at radius 1 is 0.951 bits per heavy atom. The number of benzene rings is 4. The second-order valence-corrected chi connectivity index (χ2v) is 11.2. The molecule has 0 aromatic heterocycles. The van der Waals surface area contributed by atoms with Crippen LogP contribution < -0.4 is 15.0 Å². The Labute approximate surface area is 246 Å². The van der Waals surface area contributed by atoms with Crippen LogP contribution in [0, 0.1) is 13.8 Å². The maximum Gasteiger partial charge on any atom is 0.265 e. The molecule has 5 rings (SSSR count). The van der Waals surface area contributed by atoms with Crippen molar-refractivity contribution in [3.63, 3.8) is 0 Å². The van der Waals surface area contributed by atoms with Crippen molar-refractivity contribution < 1.29 is 14.3 Å². The van der Waals surface area contributed by atoms with E-state index in [4.69, 9.17) is 4.74 Å². The smallest absolute Gasteiger partial charge is 0.265 e. The molecule has 0 atom stereocenters. The van der Waals surface area contributed by atoms with Crippen molar-refractivity contribution in [2.45, 2.75) is 38.6 Å². The molecule has 2 amide bonds. The molecule has 0 fully saturated rings. The number of carbonyl (C=O) groups is 2. The Morgan fingerprint density at radius 2 is 1.71 bits per heavy atom. The molecule has 4 aromatic carbocycles. The van der Waals surface area contributed by atoms with E-state index in [1.807, 2.05) is 72.5 Å². The molecule has 5 nitrogen and oxygen atoms in total. The topological polar surface area (TPSA) is 58.6 Å². The van der Waals surface area contributed by atoms with Gasteiger partial charge in [-0.15, -0.1) is 0 Å². The van der Waals surface area contributed by atoms with Crippen molar-refractivity contribution in [3.05, 3.63) is 129 Å². The van der Waals surface area contributed by atoms with E-state index in [0.717, 1.165) is 45.0 Å². The van der Waals surface area contributed by atoms with Crippen molar-refractivity contribution >= 4 is 35.3 Å². The zero-order chi connectivity index (χ0) is 28.8. The van der Waals surface area contributed by atoms with Gasteiger partial charge in [0.2, 0.25) is 0 Å². The number of amides is 2. The number of nitrogens with zero attached hydrogens (tertiary/aromatic N) is 1. The molecule has 0 saturated carbocycles. The highest BCUT2D eigenvalue weighted by molar-refractivity contribution is 8.04. The van der Waals surface area contributed by atoms with Gasteiger partial charge in [-0.3, -0.25) is 9.59 Å². The van der Waals surface area contributed by atoms with Crippen LogP contribution in [0.15, 0.2) is 101 Å². The van der Waals surface area contributed by atoms with E-state index in [1.165, 1.54) is 17.3 Å². The van der Waals surface area contributed by atoms with Crippen molar-refractivity contribution in [3.8, 4) is 5.75 Å². The van der Waals surface area contributed by atoms with Crippen LogP contribution in [0.5, 0.6) is 5.75 Å². The first kappa shape index (κ1) is 28.2. The number of hydrogen-bond donors (Lipinski definition) is 1. The van der Waals surface area contributed by atoms with E-state index in [2.05, 4.69) is 43.4 Å². The predicted molar refractivity (Wildman–Crippen MR) is 167 cm³/mol. The number of rotatable bonds is 9. The first-order valence-electron chi connectivity index (χ1n) is 13.9. The van der Waals surface area contributed by atoms with E-state index >= 15 is 0 Å². The summed E-state index contributed by atoms with van der Waals surface area (Å²) in [6.45, 7) is 7.81. The number of thioether (sulfide) groups is 1. The molecule has 0 radical (unpaired) electrons. The summed E-state index contributed by atoms with van der Waals surface area (Å²) >= 11 is 1.49. The van der Waals surface area contributed by atoms with Gasteiger partial charge in [-0.2, -0.15) is 0 Å². The van der Waals surface area contributed by atoms with Gasteiger partial charge >= 0.3 is 0 Å². The lowest BCUT2D eigenvalue weighted by Crippen LogP contribution is -2.34. The lowest BCUT2D eigenvalue weighted by atomic mass is 10.0. The van der Waals surface area contributed by atoms with Crippen LogP contribution in [-0.2, 0) is 17.8 Å². The monoisotopic (exact) mass is 562 g/mol. The van der Waals surface area contributed by atoms with Crippen LogP contribution in [0.4, 0.5) is 5.69 Å². The average molecular weight is 563 g/mol. The molecule has 1 heterocycles. The van der Waals surface area contributed by atoms with Crippen LogP contribution >= 0.6 is 11.8 Å². The first-order chi connectivity index (χ1) is 19.9. The molecule has 1 N–H and O–H groups in total. The number of fused-ring (bicyclic) bond motifs is 1. The van der Waals surface area contributed by atoms with Crippen molar-refractivity contribution in [2.75, 3.05) is 18.1 Å². The van der Waals surface area contributed by atoms with Crippen LogP contribution in [0.3, 0.4) is 0 Å². The molecule has 0 unspecified atom stereocenters. The van der Waals surface area contributed by atoms with Crippen LogP contribution in [0.25, 0.3) is 6.08 Å². The summed E-state index contributed by atoms with van der Waals surface area (Å²) in [5.74, 6) is 0.708. The lowest BCUT2D eigenvalue weighted by Gasteiger charge is -2.31. The molecule has 6 heteroatoms. The molecule has 41 heavy (non-hydrogen) atoms. The summed E-state index contributed by atoms with van der Waals surface area (Å²) in [4.78, 5) is 30.0. The van der Waals surface area contributed by atoms with Crippen molar-refractivity contribution in [1.29, 1.82) is 0 Å².